The quantitative estimate of drug-likeness (QED) is 0.836. The van der Waals surface area contributed by atoms with Gasteiger partial charge < -0.3 is 10.1 Å². The van der Waals surface area contributed by atoms with Gasteiger partial charge in [0.15, 0.2) is 0 Å². The van der Waals surface area contributed by atoms with E-state index < -0.39 is 0 Å². The summed E-state index contributed by atoms with van der Waals surface area (Å²) in [5.74, 6) is 0.843. The molecule has 1 atom stereocenters. The van der Waals surface area contributed by atoms with E-state index in [9.17, 15) is 0 Å². The van der Waals surface area contributed by atoms with Gasteiger partial charge >= 0.3 is 0 Å². The molecule has 2 rings (SSSR count). The fourth-order valence-electron chi connectivity index (χ4n) is 1.82. The summed E-state index contributed by atoms with van der Waals surface area (Å²) in [6.07, 6.45) is 3.02. The Balaban J connectivity index is 1.93. The predicted molar refractivity (Wildman–Crippen MR) is 65.1 cm³/mol. The summed E-state index contributed by atoms with van der Waals surface area (Å²) in [6.45, 7) is 3.92. The van der Waals surface area contributed by atoms with Crippen molar-refractivity contribution in [2.45, 2.75) is 19.4 Å². The maximum absolute atomic E-state index is 5.73. The van der Waals surface area contributed by atoms with Crippen LogP contribution < -0.4 is 10.1 Å². The fraction of sp³-hybridized carbons (Fsp3) is 0.583. The van der Waals surface area contributed by atoms with Crippen LogP contribution in [0.2, 0.25) is 0 Å². The van der Waals surface area contributed by atoms with E-state index >= 15 is 0 Å². The number of nitrogens with one attached hydrogen (secondary N) is 1. The molecule has 16 heavy (non-hydrogen) atoms. The normalized spacial score (nSPS) is 20.3. The summed E-state index contributed by atoms with van der Waals surface area (Å²) in [4.78, 5) is 6.60. The van der Waals surface area contributed by atoms with Gasteiger partial charge in [0.1, 0.15) is 12.4 Å². The molecular formula is C12H19N3O. The van der Waals surface area contributed by atoms with Gasteiger partial charge in [0.2, 0.25) is 0 Å². The summed E-state index contributed by atoms with van der Waals surface area (Å²) in [5.41, 5.74) is 2.02. The largest absolute Gasteiger partial charge is 0.490 e. The van der Waals surface area contributed by atoms with Crippen LogP contribution in [0.1, 0.15) is 12.1 Å². The molecular weight excluding hydrogens is 202 g/mol. The summed E-state index contributed by atoms with van der Waals surface area (Å²) in [7, 11) is 4.03. The zero-order chi connectivity index (χ0) is 11.5. The first-order valence-electron chi connectivity index (χ1n) is 5.68. The number of hydrogen-bond acceptors (Lipinski definition) is 4. The first-order valence-corrected chi connectivity index (χ1v) is 5.68. The van der Waals surface area contributed by atoms with Crippen molar-refractivity contribution in [1.82, 2.24) is 9.88 Å². The lowest BCUT2D eigenvalue weighted by atomic mass is 10.1. The van der Waals surface area contributed by atoms with Gasteiger partial charge in [-0.15, -0.1) is 0 Å². The third kappa shape index (κ3) is 2.27. The first-order chi connectivity index (χ1) is 7.70. The zero-order valence-corrected chi connectivity index (χ0v) is 10.2. The number of nitrogens with zero attached hydrogens (tertiary/aromatic N) is 2. The number of rotatable bonds is 4. The Hall–Kier alpha value is -1.29. The van der Waals surface area contributed by atoms with Crippen LogP contribution in [-0.4, -0.2) is 43.2 Å². The van der Waals surface area contributed by atoms with Gasteiger partial charge in [0, 0.05) is 19.2 Å². The van der Waals surface area contributed by atoms with Crippen LogP contribution in [0.25, 0.3) is 0 Å². The highest BCUT2D eigenvalue weighted by Crippen LogP contribution is 2.21. The average Bonchev–Trinajstić information content (AvgIpc) is 2.29. The van der Waals surface area contributed by atoms with E-state index in [1.807, 2.05) is 20.0 Å². The lowest BCUT2D eigenvalue weighted by Gasteiger charge is -2.37. The van der Waals surface area contributed by atoms with E-state index in [1.165, 1.54) is 13.0 Å². The molecule has 0 aromatic carbocycles. The van der Waals surface area contributed by atoms with Crippen molar-refractivity contribution in [3.8, 4) is 5.75 Å². The van der Waals surface area contributed by atoms with E-state index in [1.54, 1.807) is 6.20 Å². The van der Waals surface area contributed by atoms with E-state index in [0.29, 0.717) is 6.04 Å². The molecule has 1 aromatic rings. The number of aryl methyl sites for hydroxylation is 1. The molecule has 0 bridgehead atoms. The monoisotopic (exact) mass is 221 g/mol. The number of aromatic nitrogens is 1. The second-order valence-electron chi connectivity index (χ2n) is 4.29. The van der Waals surface area contributed by atoms with Gasteiger partial charge in [-0.05, 0) is 26.9 Å². The number of likely N-dealkylation sites (N-methyl/N-ethyl adjacent to an activating group) is 1. The van der Waals surface area contributed by atoms with Crippen molar-refractivity contribution in [3.63, 3.8) is 0 Å². The summed E-state index contributed by atoms with van der Waals surface area (Å²) >= 11 is 0. The first kappa shape index (κ1) is 11.2. The van der Waals surface area contributed by atoms with E-state index in [4.69, 9.17) is 4.74 Å². The Labute approximate surface area is 96.6 Å². The van der Waals surface area contributed by atoms with E-state index in [2.05, 4.69) is 22.2 Å². The molecule has 0 saturated carbocycles. The number of ether oxygens (including phenoxy) is 1. The van der Waals surface area contributed by atoms with Crippen LogP contribution in [0.15, 0.2) is 12.3 Å². The minimum absolute atomic E-state index is 0.569. The van der Waals surface area contributed by atoms with Gasteiger partial charge in [0.25, 0.3) is 0 Å². The van der Waals surface area contributed by atoms with Crippen molar-refractivity contribution < 1.29 is 4.74 Å². The third-order valence-electron chi connectivity index (χ3n) is 3.21. The molecule has 0 amide bonds. The van der Waals surface area contributed by atoms with Crippen LogP contribution in [0.3, 0.4) is 0 Å². The van der Waals surface area contributed by atoms with Gasteiger partial charge in [-0.2, -0.15) is 0 Å². The molecule has 4 heteroatoms. The third-order valence-corrected chi connectivity index (χ3v) is 3.21. The molecule has 1 aliphatic rings. The smallest absolute Gasteiger partial charge is 0.139 e. The molecule has 0 unspecified atom stereocenters. The van der Waals surface area contributed by atoms with Crippen LogP contribution >= 0.6 is 0 Å². The standard InChI is InChI=1S/C12H19N3O/c1-9-12(13-2)6-11(7-14-9)16-8-10-4-5-15(10)3/h6-7,10,13H,4-5,8H2,1-3H3/t10-/m1/s1. The highest BCUT2D eigenvalue weighted by atomic mass is 16.5. The Morgan fingerprint density at radius 1 is 1.62 bits per heavy atom. The molecule has 0 aliphatic carbocycles. The number of likely N-dealkylation sites (tertiary alicyclic amines) is 1. The zero-order valence-electron chi connectivity index (χ0n) is 10.2. The van der Waals surface area contributed by atoms with Gasteiger partial charge in [-0.3, -0.25) is 9.88 Å². The molecule has 88 valence electrons. The van der Waals surface area contributed by atoms with E-state index in [-0.39, 0.29) is 0 Å². The highest BCUT2D eigenvalue weighted by Gasteiger charge is 2.24. The molecule has 4 nitrogen and oxygen atoms in total. The minimum atomic E-state index is 0.569. The van der Waals surface area contributed by atoms with Crippen LogP contribution in [0, 0.1) is 6.92 Å². The maximum atomic E-state index is 5.73. The van der Waals surface area contributed by atoms with Crippen molar-refractivity contribution in [3.05, 3.63) is 18.0 Å². The lowest BCUT2D eigenvalue weighted by Crippen LogP contribution is -2.48. The minimum Gasteiger partial charge on any atom is -0.490 e. The molecule has 1 saturated heterocycles. The Bertz CT molecular complexity index is 367. The summed E-state index contributed by atoms with van der Waals surface area (Å²) in [6, 6.07) is 2.57. The Morgan fingerprint density at radius 3 is 3.00 bits per heavy atom. The fourth-order valence-corrected chi connectivity index (χ4v) is 1.82. The lowest BCUT2D eigenvalue weighted by molar-refractivity contribution is 0.0767. The second kappa shape index (κ2) is 4.70. The van der Waals surface area contributed by atoms with Crippen molar-refractivity contribution in [2.75, 3.05) is 32.6 Å². The van der Waals surface area contributed by atoms with Crippen molar-refractivity contribution in [1.29, 1.82) is 0 Å². The molecule has 2 heterocycles. The van der Waals surface area contributed by atoms with E-state index in [0.717, 1.165) is 23.7 Å². The SMILES string of the molecule is CNc1cc(OC[C@H]2CCN2C)cnc1C. The molecule has 1 N–H and O–H groups in total. The predicted octanol–water partition coefficient (Wildman–Crippen LogP) is 1.51. The average molecular weight is 221 g/mol. The topological polar surface area (TPSA) is 37.4 Å². The van der Waals surface area contributed by atoms with Crippen molar-refractivity contribution >= 4 is 5.69 Å². The number of pyridine rings is 1. The molecule has 1 aliphatic heterocycles. The second-order valence-corrected chi connectivity index (χ2v) is 4.29. The molecule has 0 radical (unpaired) electrons. The van der Waals surface area contributed by atoms with Gasteiger partial charge in [-0.1, -0.05) is 0 Å². The Kier molecular flexibility index (Phi) is 3.29. The molecule has 1 aromatic heterocycles. The molecule has 0 spiro atoms. The number of hydrogen-bond donors (Lipinski definition) is 1. The summed E-state index contributed by atoms with van der Waals surface area (Å²) < 4.78 is 5.73. The van der Waals surface area contributed by atoms with Crippen LogP contribution in [0.4, 0.5) is 5.69 Å². The van der Waals surface area contributed by atoms with Crippen LogP contribution in [-0.2, 0) is 0 Å². The maximum Gasteiger partial charge on any atom is 0.139 e. The van der Waals surface area contributed by atoms with Crippen molar-refractivity contribution in [2.24, 2.45) is 0 Å². The summed E-state index contributed by atoms with van der Waals surface area (Å²) in [5, 5.41) is 3.11. The Morgan fingerprint density at radius 2 is 2.44 bits per heavy atom. The number of anilines is 1. The molecule has 1 fully saturated rings. The highest BCUT2D eigenvalue weighted by molar-refractivity contribution is 5.50. The van der Waals surface area contributed by atoms with Crippen LogP contribution in [0.5, 0.6) is 5.75 Å². The van der Waals surface area contributed by atoms with Gasteiger partial charge in [-0.25, -0.2) is 0 Å². The van der Waals surface area contributed by atoms with Gasteiger partial charge in [0.05, 0.1) is 17.6 Å².